The number of nitro groups is 1. The van der Waals surface area contributed by atoms with Crippen LogP contribution < -0.4 is 15.5 Å². The number of hydrazine groups is 1. The van der Waals surface area contributed by atoms with Crippen molar-refractivity contribution in [1.82, 2.24) is 20.7 Å². The Bertz CT molecular complexity index is 804. The topological polar surface area (TPSA) is 144 Å². The second-order valence-corrected chi connectivity index (χ2v) is 6.57. The molecule has 0 atom stereocenters. The van der Waals surface area contributed by atoms with E-state index < -0.39 is 40.7 Å². The average molecular weight is 377 g/mol. The fourth-order valence-corrected chi connectivity index (χ4v) is 3.29. The number of hydrogen-bond donors (Lipinski definition) is 2. The second kappa shape index (κ2) is 7.17. The van der Waals surface area contributed by atoms with Gasteiger partial charge in [0.15, 0.2) is 6.61 Å². The van der Waals surface area contributed by atoms with Gasteiger partial charge < -0.3 is 20.2 Å². The predicted molar refractivity (Wildman–Crippen MR) is 90.5 cm³/mol. The van der Waals surface area contributed by atoms with Crippen molar-refractivity contribution < 1.29 is 24.0 Å². The van der Waals surface area contributed by atoms with Crippen LogP contribution in [0, 0.1) is 17.0 Å². The van der Waals surface area contributed by atoms with Crippen LogP contribution in [0.4, 0.5) is 10.6 Å². The Balaban J connectivity index is 1.62. The van der Waals surface area contributed by atoms with Crippen molar-refractivity contribution in [1.29, 1.82) is 0 Å². The largest absolute Gasteiger partial charge is 0.476 e. The monoisotopic (exact) mass is 377 g/mol. The van der Waals surface area contributed by atoms with E-state index in [2.05, 4.69) is 15.7 Å². The Morgan fingerprint density at radius 3 is 2.74 bits per heavy atom. The van der Waals surface area contributed by atoms with Gasteiger partial charge in [0.2, 0.25) is 5.75 Å². The number of ether oxygens (including phenoxy) is 1. The summed E-state index contributed by atoms with van der Waals surface area (Å²) in [5, 5.41) is 14.3. The Hall–Kier alpha value is -3.24. The third-order valence-corrected chi connectivity index (χ3v) is 4.62. The first-order chi connectivity index (χ1) is 12.8. The molecule has 4 amide bonds. The first-order valence-electron chi connectivity index (χ1n) is 8.53. The fraction of sp³-hybridized carbons (Fsp3) is 0.500. The van der Waals surface area contributed by atoms with E-state index in [-0.39, 0.29) is 5.75 Å². The summed E-state index contributed by atoms with van der Waals surface area (Å²) in [5.74, 6) is -1.98. The summed E-state index contributed by atoms with van der Waals surface area (Å²) in [6.45, 7) is 0.970. The molecule has 0 bridgehead atoms. The van der Waals surface area contributed by atoms with Crippen LogP contribution in [0.25, 0.3) is 0 Å². The normalized spacial score (nSPS) is 18.3. The maximum Gasteiger partial charge on any atom is 0.406 e. The number of nitrogens with zero attached hydrogens (tertiary/aromatic N) is 3. The molecule has 0 unspecified atom stereocenters. The van der Waals surface area contributed by atoms with Crippen LogP contribution in [0.3, 0.4) is 0 Å². The van der Waals surface area contributed by atoms with Gasteiger partial charge in [0, 0.05) is 6.92 Å². The van der Waals surface area contributed by atoms with E-state index in [1.54, 1.807) is 6.92 Å². The van der Waals surface area contributed by atoms with E-state index in [9.17, 15) is 24.5 Å². The van der Waals surface area contributed by atoms with Gasteiger partial charge in [-0.25, -0.2) is 4.79 Å². The molecule has 2 aliphatic rings. The smallest absolute Gasteiger partial charge is 0.406 e. The van der Waals surface area contributed by atoms with Gasteiger partial charge in [-0.1, -0.05) is 19.3 Å². The van der Waals surface area contributed by atoms with Crippen molar-refractivity contribution in [3.05, 3.63) is 27.9 Å². The molecule has 1 saturated carbocycles. The van der Waals surface area contributed by atoms with Crippen LogP contribution in [0.2, 0.25) is 0 Å². The number of aryl methyl sites for hydroxylation is 1. The number of nitrogens with one attached hydrogen (secondary N) is 2. The molecule has 3 rings (SSSR count). The van der Waals surface area contributed by atoms with Gasteiger partial charge in [-0.15, -0.1) is 0 Å². The third kappa shape index (κ3) is 3.66. The highest BCUT2D eigenvalue weighted by Gasteiger charge is 2.52. The zero-order valence-corrected chi connectivity index (χ0v) is 14.7. The highest BCUT2D eigenvalue weighted by atomic mass is 16.6. The lowest BCUT2D eigenvalue weighted by atomic mass is 9.82. The number of imide groups is 1. The minimum absolute atomic E-state index is 0.179. The highest BCUT2D eigenvalue weighted by molar-refractivity contribution is 6.08. The standard InChI is InChI=1S/C16H19N5O6/c1-10-5-6-11(13(17-10)21(25)26)27-9-12(22)19-20-14(23)16(18-15(20)24)7-3-2-4-8-16/h5-6H,2-4,7-9H2,1H3,(H,18,24)(H,19,22). The number of pyridine rings is 1. The van der Waals surface area contributed by atoms with Gasteiger partial charge in [-0.3, -0.25) is 15.0 Å². The Kier molecular flexibility index (Phi) is 4.93. The van der Waals surface area contributed by atoms with E-state index in [1.807, 2.05) is 0 Å². The summed E-state index contributed by atoms with van der Waals surface area (Å²) in [6, 6.07) is 2.14. The van der Waals surface area contributed by atoms with Crippen LogP contribution in [-0.4, -0.2) is 44.9 Å². The van der Waals surface area contributed by atoms with Crippen molar-refractivity contribution in [2.45, 2.75) is 44.6 Å². The van der Waals surface area contributed by atoms with Crippen LogP contribution >= 0.6 is 0 Å². The first kappa shape index (κ1) is 18.5. The molecule has 1 spiro atoms. The quantitative estimate of drug-likeness (QED) is 0.442. The molecule has 1 saturated heterocycles. The van der Waals surface area contributed by atoms with Gasteiger partial charge >= 0.3 is 11.8 Å². The number of carbonyl (C=O) groups is 3. The summed E-state index contributed by atoms with van der Waals surface area (Å²) in [6.07, 6.45) is 3.69. The Morgan fingerprint density at radius 2 is 2.07 bits per heavy atom. The lowest BCUT2D eigenvalue weighted by Crippen LogP contribution is -2.51. The molecular formula is C16H19N5O6. The molecule has 27 heavy (non-hydrogen) atoms. The summed E-state index contributed by atoms with van der Waals surface area (Å²) in [7, 11) is 0. The molecule has 0 aromatic carbocycles. The molecule has 1 aromatic heterocycles. The van der Waals surface area contributed by atoms with E-state index in [1.165, 1.54) is 12.1 Å². The van der Waals surface area contributed by atoms with Crippen LogP contribution in [0.5, 0.6) is 5.75 Å². The molecule has 1 aliphatic heterocycles. The lowest BCUT2D eigenvalue weighted by molar-refractivity contribution is -0.390. The molecular weight excluding hydrogens is 358 g/mol. The van der Waals surface area contributed by atoms with Gasteiger partial charge in [-0.05, 0) is 34.9 Å². The van der Waals surface area contributed by atoms with Crippen molar-refractivity contribution in [2.75, 3.05) is 6.61 Å². The van der Waals surface area contributed by atoms with E-state index >= 15 is 0 Å². The van der Waals surface area contributed by atoms with Gasteiger partial charge in [0.25, 0.3) is 11.8 Å². The average Bonchev–Trinajstić information content (AvgIpc) is 2.85. The Labute approximate surface area is 154 Å². The molecule has 2 heterocycles. The SMILES string of the molecule is Cc1ccc(OCC(=O)NN2C(=O)NC3(CCCCC3)C2=O)c([N+](=O)[O-])n1. The molecule has 11 nitrogen and oxygen atoms in total. The van der Waals surface area contributed by atoms with Gasteiger partial charge in [-0.2, -0.15) is 5.01 Å². The molecule has 0 radical (unpaired) electrons. The number of urea groups is 1. The number of hydrogen-bond acceptors (Lipinski definition) is 7. The Morgan fingerprint density at radius 1 is 1.37 bits per heavy atom. The summed E-state index contributed by atoms with van der Waals surface area (Å²) in [4.78, 5) is 50.8. The number of aromatic nitrogens is 1. The fourth-order valence-electron chi connectivity index (χ4n) is 3.29. The van der Waals surface area contributed by atoms with Crippen molar-refractivity contribution in [3.63, 3.8) is 0 Å². The van der Waals surface area contributed by atoms with Crippen LogP contribution in [0.1, 0.15) is 37.8 Å². The predicted octanol–water partition coefficient (Wildman–Crippen LogP) is 0.963. The van der Waals surface area contributed by atoms with E-state index in [0.29, 0.717) is 23.5 Å². The van der Waals surface area contributed by atoms with E-state index in [0.717, 1.165) is 19.3 Å². The number of amides is 4. The number of carbonyl (C=O) groups excluding carboxylic acids is 3. The molecule has 2 fully saturated rings. The number of rotatable bonds is 5. The van der Waals surface area contributed by atoms with Crippen LogP contribution in [0.15, 0.2) is 12.1 Å². The molecule has 1 aromatic rings. The van der Waals surface area contributed by atoms with E-state index in [4.69, 9.17) is 4.74 Å². The van der Waals surface area contributed by atoms with Gasteiger partial charge in [0.1, 0.15) is 11.2 Å². The third-order valence-electron chi connectivity index (χ3n) is 4.62. The van der Waals surface area contributed by atoms with Crippen LogP contribution in [-0.2, 0) is 9.59 Å². The maximum atomic E-state index is 12.6. The molecule has 1 aliphatic carbocycles. The van der Waals surface area contributed by atoms with Crippen molar-refractivity contribution in [3.8, 4) is 5.75 Å². The molecule has 2 N–H and O–H groups in total. The van der Waals surface area contributed by atoms with Gasteiger partial charge in [0.05, 0.1) is 0 Å². The minimum Gasteiger partial charge on any atom is -0.476 e. The first-order valence-corrected chi connectivity index (χ1v) is 8.53. The molecule has 11 heteroatoms. The highest BCUT2D eigenvalue weighted by Crippen LogP contribution is 2.33. The molecule has 144 valence electrons. The minimum atomic E-state index is -0.955. The zero-order valence-electron chi connectivity index (χ0n) is 14.7. The second-order valence-electron chi connectivity index (χ2n) is 6.57. The summed E-state index contributed by atoms with van der Waals surface area (Å²) >= 11 is 0. The van der Waals surface area contributed by atoms with Crippen molar-refractivity contribution >= 4 is 23.7 Å². The lowest BCUT2D eigenvalue weighted by Gasteiger charge is -2.30. The van der Waals surface area contributed by atoms with Crippen molar-refractivity contribution in [2.24, 2.45) is 0 Å². The maximum absolute atomic E-state index is 12.6. The summed E-state index contributed by atoms with van der Waals surface area (Å²) < 4.78 is 5.15. The summed E-state index contributed by atoms with van der Waals surface area (Å²) in [5.41, 5.74) is 1.67. The zero-order chi connectivity index (χ0) is 19.6.